The van der Waals surface area contributed by atoms with Gasteiger partial charge in [0.2, 0.25) is 0 Å². The molecule has 1 aromatic carbocycles. The molecule has 1 rings (SSSR count). The number of halogens is 3. The summed E-state index contributed by atoms with van der Waals surface area (Å²) in [5, 5.41) is 0. The average Bonchev–Trinajstić information content (AvgIpc) is 2.25. The molecule has 0 atom stereocenters. The van der Waals surface area contributed by atoms with Crippen LogP contribution < -0.4 is 4.74 Å². The van der Waals surface area contributed by atoms with Gasteiger partial charge >= 0.3 is 6.18 Å². The maximum absolute atomic E-state index is 12.7. The summed E-state index contributed by atoms with van der Waals surface area (Å²) in [5.41, 5.74) is -1.78. The van der Waals surface area contributed by atoms with Crippen LogP contribution in [0.4, 0.5) is 13.2 Å². The molecule has 17 heavy (non-hydrogen) atoms. The van der Waals surface area contributed by atoms with E-state index in [0.29, 0.717) is 0 Å². The van der Waals surface area contributed by atoms with Gasteiger partial charge in [0, 0.05) is 11.1 Å². The third kappa shape index (κ3) is 2.64. The van der Waals surface area contributed by atoms with Crippen molar-refractivity contribution in [1.29, 1.82) is 0 Å². The Kier molecular flexibility index (Phi) is 3.55. The lowest BCUT2D eigenvalue weighted by atomic mass is 10.0. The third-order valence-electron chi connectivity index (χ3n) is 2.17. The number of rotatable bonds is 3. The van der Waals surface area contributed by atoms with E-state index in [-0.39, 0.29) is 11.8 Å². The van der Waals surface area contributed by atoms with Gasteiger partial charge in [-0.1, -0.05) is 0 Å². The molecule has 0 fully saturated rings. The van der Waals surface area contributed by atoms with E-state index in [2.05, 4.69) is 4.74 Å². The summed E-state index contributed by atoms with van der Waals surface area (Å²) in [4.78, 5) is 21.7. The highest BCUT2D eigenvalue weighted by molar-refractivity contribution is 5.96. The molecule has 0 saturated carbocycles. The Bertz CT molecular complexity index is 464. The topological polar surface area (TPSA) is 43.4 Å². The van der Waals surface area contributed by atoms with Crippen molar-refractivity contribution in [2.24, 2.45) is 0 Å². The summed E-state index contributed by atoms with van der Waals surface area (Å²) in [6.07, 6.45) is -4.66. The Morgan fingerprint density at radius 2 is 1.94 bits per heavy atom. The van der Waals surface area contributed by atoms with Crippen molar-refractivity contribution in [2.75, 3.05) is 7.11 Å². The van der Waals surface area contributed by atoms with E-state index in [4.69, 9.17) is 0 Å². The molecule has 0 N–H and O–H groups in total. The minimum Gasteiger partial charge on any atom is -0.496 e. The quantitative estimate of drug-likeness (QED) is 0.608. The van der Waals surface area contributed by atoms with Gasteiger partial charge in [-0.15, -0.1) is 0 Å². The second kappa shape index (κ2) is 4.57. The smallest absolute Gasteiger partial charge is 0.420 e. The number of benzene rings is 1. The summed E-state index contributed by atoms with van der Waals surface area (Å²) in [7, 11) is 1.04. The summed E-state index contributed by atoms with van der Waals surface area (Å²) < 4.78 is 42.6. The Labute approximate surface area is 95.2 Å². The molecule has 0 bridgehead atoms. The third-order valence-corrected chi connectivity index (χ3v) is 2.17. The minimum absolute atomic E-state index is 0.00282. The molecule has 0 aliphatic carbocycles. The van der Waals surface area contributed by atoms with E-state index >= 15 is 0 Å². The first-order valence-corrected chi connectivity index (χ1v) is 4.56. The number of Topliss-reactive ketones (excluding diaryl/α,β-unsaturated/α-hetero) is 1. The van der Waals surface area contributed by atoms with Crippen LogP contribution in [0.1, 0.15) is 33.2 Å². The summed E-state index contributed by atoms with van der Waals surface area (Å²) in [5.74, 6) is -0.979. The summed E-state index contributed by atoms with van der Waals surface area (Å²) >= 11 is 0. The van der Waals surface area contributed by atoms with Crippen LogP contribution in [0, 0.1) is 0 Å². The zero-order chi connectivity index (χ0) is 13.2. The van der Waals surface area contributed by atoms with Gasteiger partial charge in [0.15, 0.2) is 12.1 Å². The Morgan fingerprint density at radius 1 is 1.35 bits per heavy atom. The fourth-order valence-corrected chi connectivity index (χ4v) is 1.40. The van der Waals surface area contributed by atoms with Gasteiger partial charge in [0.05, 0.1) is 7.11 Å². The van der Waals surface area contributed by atoms with E-state index in [0.717, 1.165) is 19.2 Å². The van der Waals surface area contributed by atoms with Crippen LogP contribution in [-0.4, -0.2) is 19.2 Å². The molecule has 0 unspecified atom stereocenters. The second-order valence-electron chi connectivity index (χ2n) is 3.31. The number of alkyl halides is 3. The van der Waals surface area contributed by atoms with Crippen molar-refractivity contribution >= 4 is 12.1 Å². The fourth-order valence-electron chi connectivity index (χ4n) is 1.40. The van der Waals surface area contributed by atoms with Crippen LogP contribution in [0.15, 0.2) is 12.1 Å². The monoisotopic (exact) mass is 246 g/mol. The number of hydrogen-bond acceptors (Lipinski definition) is 3. The Morgan fingerprint density at radius 3 is 2.29 bits per heavy atom. The van der Waals surface area contributed by atoms with Crippen molar-refractivity contribution in [3.05, 3.63) is 28.8 Å². The van der Waals surface area contributed by atoms with Crippen molar-refractivity contribution < 1.29 is 27.5 Å². The van der Waals surface area contributed by atoms with E-state index in [9.17, 15) is 22.8 Å². The van der Waals surface area contributed by atoms with E-state index in [1.54, 1.807) is 0 Å². The van der Waals surface area contributed by atoms with Crippen LogP contribution in [-0.2, 0) is 6.18 Å². The fraction of sp³-hybridized carbons (Fsp3) is 0.273. The van der Waals surface area contributed by atoms with Crippen molar-refractivity contribution in [3.8, 4) is 5.75 Å². The van der Waals surface area contributed by atoms with E-state index < -0.39 is 28.8 Å². The highest BCUT2D eigenvalue weighted by Gasteiger charge is 2.37. The number of carbonyl (C=O) groups is 2. The van der Waals surface area contributed by atoms with Crippen LogP contribution in [0.2, 0.25) is 0 Å². The highest BCUT2D eigenvalue weighted by Crippen LogP contribution is 2.39. The zero-order valence-corrected chi connectivity index (χ0v) is 9.09. The second-order valence-corrected chi connectivity index (χ2v) is 3.31. The SMILES string of the molecule is COc1cc(C(C)=O)cc(C=O)c1C(F)(F)F. The van der Waals surface area contributed by atoms with Crippen LogP contribution in [0.3, 0.4) is 0 Å². The van der Waals surface area contributed by atoms with Gasteiger partial charge in [-0.2, -0.15) is 13.2 Å². The van der Waals surface area contributed by atoms with Crippen LogP contribution >= 0.6 is 0 Å². The number of carbonyl (C=O) groups excluding carboxylic acids is 2. The molecule has 0 aromatic heterocycles. The molecular weight excluding hydrogens is 237 g/mol. The molecule has 0 spiro atoms. The first-order chi connectivity index (χ1) is 7.81. The minimum atomic E-state index is -4.71. The predicted octanol–water partition coefficient (Wildman–Crippen LogP) is 2.73. The van der Waals surface area contributed by atoms with Gasteiger partial charge in [-0.25, -0.2) is 0 Å². The molecule has 6 heteroatoms. The summed E-state index contributed by atoms with van der Waals surface area (Å²) in [6.45, 7) is 1.19. The molecule has 1 aromatic rings. The number of aldehydes is 1. The molecule has 3 nitrogen and oxygen atoms in total. The van der Waals surface area contributed by atoms with Crippen molar-refractivity contribution in [1.82, 2.24) is 0 Å². The normalized spacial score (nSPS) is 11.1. The van der Waals surface area contributed by atoms with Gasteiger partial charge < -0.3 is 4.74 Å². The van der Waals surface area contributed by atoms with Crippen LogP contribution in [0.5, 0.6) is 5.75 Å². The maximum Gasteiger partial charge on any atom is 0.420 e. The Balaban J connectivity index is 3.59. The highest BCUT2D eigenvalue weighted by atomic mass is 19.4. The molecule has 0 amide bonds. The summed E-state index contributed by atoms with van der Waals surface area (Å²) in [6, 6.07) is 1.87. The lowest BCUT2D eigenvalue weighted by Gasteiger charge is -2.15. The first kappa shape index (κ1) is 13.2. The zero-order valence-electron chi connectivity index (χ0n) is 9.09. The number of methoxy groups -OCH3 is 1. The molecule has 0 aliphatic rings. The molecule has 92 valence electrons. The van der Waals surface area contributed by atoms with Gasteiger partial charge in [0.25, 0.3) is 0 Å². The van der Waals surface area contributed by atoms with Crippen molar-refractivity contribution in [2.45, 2.75) is 13.1 Å². The molecule has 0 radical (unpaired) electrons. The standard InChI is InChI=1S/C11H9F3O3/c1-6(16)7-3-8(5-15)10(11(12,13)14)9(4-7)17-2/h3-5H,1-2H3. The van der Waals surface area contributed by atoms with Gasteiger partial charge in [-0.05, 0) is 19.1 Å². The molecule has 0 aliphatic heterocycles. The number of ketones is 1. The first-order valence-electron chi connectivity index (χ1n) is 4.56. The lowest BCUT2D eigenvalue weighted by molar-refractivity contribution is -0.139. The number of ether oxygens (including phenoxy) is 1. The average molecular weight is 246 g/mol. The Hall–Kier alpha value is -1.85. The lowest BCUT2D eigenvalue weighted by Crippen LogP contribution is -2.12. The molecule has 0 saturated heterocycles. The maximum atomic E-state index is 12.7. The predicted molar refractivity (Wildman–Crippen MR) is 53.4 cm³/mol. The van der Waals surface area contributed by atoms with Crippen molar-refractivity contribution in [3.63, 3.8) is 0 Å². The largest absolute Gasteiger partial charge is 0.496 e. The van der Waals surface area contributed by atoms with Crippen LogP contribution in [0.25, 0.3) is 0 Å². The van der Waals surface area contributed by atoms with Gasteiger partial charge in [0.1, 0.15) is 11.3 Å². The van der Waals surface area contributed by atoms with E-state index in [1.807, 2.05) is 0 Å². The molecule has 0 heterocycles. The molecular formula is C11H9F3O3. The van der Waals surface area contributed by atoms with E-state index in [1.165, 1.54) is 6.92 Å². The number of hydrogen-bond donors (Lipinski definition) is 0. The van der Waals surface area contributed by atoms with Gasteiger partial charge in [-0.3, -0.25) is 9.59 Å².